The molecule has 2 heterocycles. The maximum absolute atomic E-state index is 13.6. The maximum atomic E-state index is 13.6. The summed E-state index contributed by atoms with van der Waals surface area (Å²) < 4.78 is 40.8. The lowest BCUT2D eigenvalue weighted by Gasteiger charge is -2.23. The zero-order chi connectivity index (χ0) is 34.0. The predicted octanol–water partition coefficient (Wildman–Crippen LogP) is 6.62. The first-order valence-corrected chi connectivity index (χ1v) is 17.5. The number of aliphatic carboxylic acids is 1. The topological polar surface area (TPSA) is 136 Å². The molecule has 1 fully saturated rings. The fraction of sp³-hybridized carbons (Fsp3) is 0.297. The van der Waals surface area contributed by atoms with E-state index < -0.39 is 27.9 Å². The number of hydrogen-bond donors (Lipinski definition) is 3. The molecule has 10 nitrogen and oxygen atoms in total. The fourth-order valence-corrected chi connectivity index (χ4v) is 7.55. The minimum Gasteiger partial charge on any atom is -0.497 e. The van der Waals surface area contributed by atoms with Crippen molar-refractivity contribution in [2.24, 2.45) is 0 Å². The molecule has 0 bridgehead atoms. The zero-order valence-corrected chi connectivity index (χ0v) is 27.6. The Bertz CT molecular complexity index is 2010. The van der Waals surface area contributed by atoms with Crippen LogP contribution in [0.1, 0.15) is 59.5 Å². The number of carbonyl (C=O) groups is 2. The fourth-order valence-electron chi connectivity index (χ4n) is 6.75. The van der Waals surface area contributed by atoms with E-state index >= 15 is 0 Å². The smallest absolute Gasteiger partial charge is 0.326 e. The number of carboxylic acids is 1. The van der Waals surface area contributed by atoms with Gasteiger partial charge in [-0.3, -0.25) is 9.52 Å². The molecular weight excluding hydrogens is 630 g/mol. The third-order valence-electron chi connectivity index (χ3n) is 9.22. The highest BCUT2D eigenvalue weighted by atomic mass is 32.2. The predicted molar refractivity (Wildman–Crippen MR) is 186 cm³/mol. The Balaban J connectivity index is 1.29. The van der Waals surface area contributed by atoms with Crippen LogP contribution in [0.3, 0.4) is 0 Å². The first-order valence-electron chi connectivity index (χ1n) is 16.0. The zero-order valence-electron chi connectivity index (χ0n) is 26.8. The van der Waals surface area contributed by atoms with Crippen LogP contribution in [0.25, 0.3) is 22.2 Å². The van der Waals surface area contributed by atoms with Gasteiger partial charge < -0.3 is 24.5 Å². The van der Waals surface area contributed by atoms with Crippen LogP contribution in [0.5, 0.6) is 11.5 Å². The average molecular weight is 670 g/mol. The lowest BCUT2D eigenvalue weighted by Crippen LogP contribution is -2.42. The molecule has 1 aliphatic heterocycles. The summed E-state index contributed by atoms with van der Waals surface area (Å²) in [7, 11) is -2.20. The van der Waals surface area contributed by atoms with E-state index in [4.69, 9.17) is 9.47 Å². The standard InChI is InChI=1S/C37H39N3O7S/c1-4-23(2)48(44,45)39-27-13-10-24(11-14-27)20-31(37(42)43)38-36(41)26-12-16-29-32(21-26)40-18-19-47-33-22-28(46-3)15-17-30(33)35(40)34(29)25-8-6-5-7-9-25/h4,10-17,21-22,25,31,39H,1-2,5-9,18-20H2,3H3,(H,38,41)(H,42,43)/t31-/m0/s1. The number of methoxy groups -OCH3 is 1. The van der Waals surface area contributed by atoms with Crippen molar-refractivity contribution in [3.8, 4) is 22.8 Å². The number of sulfonamides is 1. The van der Waals surface area contributed by atoms with Crippen LogP contribution in [0.2, 0.25) is 0 Å². The minimum atomic E-state index is -3.83. The molecule has 1 atom stereocenters. The van der Waals surface area contributed by atoms with E-state index in [0.29, 0.717) is 30.2 Å². The van der Waals surface area contributed by atoms with Gasteiger partial charge in [-0.2, -0.15) is 0 Å². The second-order valence-corrected chi connectivity index (χ2v) is 14.0. The summed E-state index contributed by atoms with van der Waals surface area (Å²) in [6.45, 7) is 7.93. The normalized spacial score (nSPS) is 15.3. The van der Waals surface area contributed by atoms with Gasteiger partial charge in [0.15, 0.2) is 0 Å². The van der Waals surface area contributed by atoms with E-state index in [-0.39, 0.29) is 17.0 Å². The van der Waals surface area contributed by atoms with Crippen molar-refractivity contribution in [1.82, 2.24) is 9.88 Å². The van der Waals surface area contributed by atoms with Crippen molar-refractivity contribution in [3.63, 3.8) is 0 Å². The van der Waals surface area contributed by atoms with Gasteiger partial charge in [-0.25, -0.2) is 13.2 Å². The lowest BCUT2D eigenvalue weighted by atomic mass is 9.81. The third-order valence-corrected chi connectivity index (χ3v) is 10.6. The summed E-state index contributed by atoms with van der Waals surface area (Å²) >= 11 is 0. The Morgan fingerprint density at radius 1 is 1.08 bits per heavy atom. The Morgan fingerprint density at radius 2 is 1.83 bits per heavy atom. The minimum absolute atomic E-state index is 0.000345. The molecule has 48 heavy (non-hydrogen) atoms. The number of amides is 1. The third kappa shape index (κ3) is 6.55. The molecule has 11 heteroatoms. The van der Waals surface area contributed by atoms with E-state index in [1.807, 2.05) is 30.3 Å². The number of hydrogen-bond acceptors (Lipinski definition) is 6. The second-order valence-electron chi connectivity index (χ2n) is 12.2. The summed E-state index contributed by atoms with van der Waals surface area (Å²) in [5, 5.41) is 13.8. The van der Waals surface area contributed by atoms with Crippen molar-refractivity contribution in [1.29, 1.82) is 0 Å². The van der Waals surface area contributed by atoms with Crippen LogP contribution < -0.4 is 19.5 Å². The van der Waals surface area contributed by atoms with Gasteiger partial charge in [-0.1, -0.05) is 50.6 Å². The Morgan fingerprint density at radius 3 is 2.52 bits per heavy atom. The van der Waals surface area contributed by atoms with Crippen LogP contribution >= 0.6 is 0 Å². The van der Waals surface area contributed by atoms with Crippen LogP contribution in [0.4, 0.5) is 5.69 Å². The van der Waals surface area contributed by atoms with Crippen molar-refractivity contribution in [2.75, 3.05) is 18.4 Å². The summed E-state index contributed by atoms with van der Waals surface area (Å²) in [5.74, 6) is 0.185. The number of nitrogens with one attached hydrogen (secondary N) is 2. The van der Waals surface area contributed by atoms with E-state index in [1.165, 1.54) is 37.0 Å². The monoisotopic (exact) mass is 669 g/mol. The quantitative estimate of drug-likeness (QED) is 0.153. The number of benzene rings is 3. The van der Waals surface area contributed by atoms with Gasteiger partial charge in [-0.05, 0) is 72.4 Å². The van der Waals surface area contributed by atoms with Crippen molar-refractivity contribution in [3.05, 3.63) is 101 Å². The summed E-state index contributed by atoms with van der Waals surface area (Å²) in [5.41, 5.74) is 5.53. The summed E-state index contributed by atoms with van der Waals surface area (Å²) in [4.78, 5) is 25.7. The van der Waals surface area contributed by atoms with E-state index in [9.17, 15) is 23.1 Å². The first kappa shape index (κ1) is 32.9. The molecule has 1 saturated carbocycles. The Kier molecular flexibility index (Phi) is 9.32. The molecule has 0 saturated heterocycles. The van der Waals surface area contributed by atoms with E-state index in [2.05, 4.69) is 27.8 Å². The molecule has 6 rings (SSSR count). The number of carbonyl (C=O) groups excluding carboxylic acids is 1. The number of nitrogens with zero attached hydrogens (tertiary/aromatic N) is 1. The summed E-state index contributed by atoms with van der Waals surface area (Å²) in [6.07, 6.45) is 6.90. The van der Waals surface area contributed by atoms with Crippen molar-refractivity contribution in [2.45, 2.75) is 57.0 Å². The first-order chi connectivity index (χ1) is 23.1. The number of fused-ring (bicyclic) bond motifs is 5. The molecule has 1 amide bonds. The van der Waals surface area contributed by atoms with Gasteiger partial charge in [-0.15, -0.1) is 0 Å². The molecule has 1 aliphatic carbocycles. The van der Waals surface area contributed by atoms with Crippen LogP contribution in [0.15, 0.2) is 84.8 Å². The Labute approximate surface area is 280 Å². The molecule has 4 aromatic rings. The molecule has 3 aromatic carbocycles. The van der Waals surface area contributed by atoms with Gasteiger partial charge in [0.1, 0.15) is 24.1 Å². The van der Waals surface area contributed by atoms with E-state index in [1.54, 1.807) is 25.3 Å². The van der Waals surface area contributed by atoms with Gasteiger partial charge in [0.2, 0.25) is 0 Å². The van der Waals surface area contributed by atoms with Crippen LogP contribution in [0, 0.1) is 0 Å². The molecule has 1 aromatic heterocycles. The highest BCUT2D eigenvalue weighted by Gasteiger charge is 2.30. The van der Waals surface area contributed by atoms with Crippen LogP contribution in [-0.4, -0.2) is 49.7 Å². The van der Waals surface area contributed by atoms with Crippen molar-refractivity contribution >= 4 is 38.5 Å². The highest BCUT2D eigenvalue weighted by molar-refractivity contribution is 7.96. The number of ether oxygens (including phenoxy) is 2. The van der Waals surface area contributed by atoms with Crippen LogP contribution in [-0.2, 0) is 27.8 Å². The molecule has 250 valence electrons. The number of rotatable bonds is 11. The SMILES string of the molecule is C=CC(=C)S(=O)(=O)Nc1ccc(C[C@H](NC(=O)c2ccc3c(C4CCCCC4)c4n(c3c2)CCOc2cc(OC)ccc2-4)C(=O)O)cc1. The lowest BCUT2D eigenvalue weighted by molar-refractivity contribution is -0.139. The second kappa shape index (κ2) is 13.6. The largest absolute Gasteiger partial charge is 0.497 e. The Hall–Kier alpha value is -5.03. The highest BCUT2D eigenvalue weighted by Crippen LogP contribution is 2.47. The summed E-state index contributed by atoms with van der Waals surface area (Å²) in [6, 6.07) is 16.6. The molecule has 0 radical (unpaired) electrons. The number of allylic oxidation sites excluding steroid dienone is 1. The number of anilines is 1. The maximum Gasteiger partial charge on any atom is 0.326 e. The molecule has 3 N–H and O–H groups in total. The average Bonchev–Trinajstić information content (AvgIpc) is 3.29. The van der Waals surface area contributed by atoms with Gasteiger partial charge in [0.25, 0.3) is 15.9 Å². The number of carboxylic acid groups (broad SMARTS) is 1. The van der Waals surface area contributed by atoms with Crippen molar-refractivity contribution < 1.29 is 32.6 Å². The molecule has 2 aliphatic rings. The number of aromatic nitrogens is 1. The molecule has 0 spiro atoms. The molecule has 0 unspecified atom stereocenters. The van der Waals surface area contributed by atoms with E-state index in [0.717, 1.165) is 52.6 Å². The molecular formula is C37H39N3O7S. The van der Waals surface area contributed by atoms with Gasteiger partial charge in [0, 0.05) is 40.2 Å². The van der Waals surface area contributed by atoms with Gasteiger partial charge in [0.05, 0.1) is 24.3 Å². The van der Waals surface area contributed by atoms with Gasteiger partial charge >= 0.3 is 5.97 Å².